The van der Waals surface area contributed by atoms with Crippen LogP contribution in [0, 0.1) is 0 Å². The highest BCUT2D eigenvalue weighted by molar-refractivity contribution is 5.89. The Kier molecular flexibility index (Phi) is 4.39. The van der Waals surface area contributed by atoms with Crippen molar-refractivity contribution in [3.63, 3.8) is 0 Å². The lowest BCUT2D eigenvalue weighted by Crippen LogP contribution is -2.08. The summed E-state index contributed by atoms with van der Waals surface area (Å²) in [5, 5.41) is 0. The van der Waals surface area contributed by atoms with Crippen LogP contribution in [-0.2, 0) is 4.74 Å². The standard InChI is InChI=1S/C16H19NO2/c1-3-15(13-8-6-5-7-9-13)17-11-10-14(12-17)16(18)19-4-2/h5-12,15H,3-4H2,1-2H3. The van der Waals surface area contributed by atoms with Crippen LogP contribution in [0.5, 0.6) is 0 Å². The van der Waals surface area contributed by atoms with Crippen molar-refractivity contribution in [3.05, 3.63) is 59.9 Å². The van der Waals surface area contributed by atoms with E-state index in [-0.39, 0.29) is 12.0 Å². The molecule has 0 bridgehead atoms. The van der Waals surface area contributed by atoms with Gasteiger partial charge in [-0.25, -0.2) is 4.79 Å². The third-order valence-corrected chi connectivity index (χ3v) is 3.16. The summed E-state index contributed by atoms with van der Waals surface area (Å²) in [5.41, 5.74) is 1.85. The van der Waals surface area contributed by atoms with Gasteiger partial charge in [-0.1, -0.05) is 37.3 Å². The predicted octanol–water partition coefficient (Wildman–Crippen LogP) is 3.66. The summed E-state index contributed by atoms with van der Waals surface area (Å²) < 4.78 is 7.08. The van der Waals surface area contributed by atoms with Crippen LogP contribution in [-0.4, -0.2) is 17.1 Å². The number of carbonyl (C=O) groups excluding carboxylic acids is 1. The van der Waals surface area contributed by atoms with Crippen molar-refractivity contribution in [3.8, 4) is 0 Å². The van der Waals surface area contributed by atoms with Gasteiger partial charge >= 0.3 is 5.97 Å². The van der Waals surface area contributed by atoms with E-state index < -0.39 is 0 Å². The Balaban J connectivity index is 2.23. The van der Waals surface area contributed by atoms with Gasteiger partial charge in [0, 0.05) is 12.4 Å². The van der Waals surface area contributed by atoms with Crippen molar-refractivity contribution < 1.29 is 9.53 Å². The molecule has 100 valence electrons. The molecule has 0 aliphatic rings. The number of nitrogens with zero attached hydrogens (tertiary/aromatic N) is 1. The first kappa shape index (κ1) is 13.4. The average Bonchev–Trinajstić information content (AvgIpc) is 2.91. The largest absolute Gasteiger partial charge is 0.462 e. The highest BCUT2D eigenvalue weighted by Gasteiger charge is 2.14. The minimum Gasteiger partial charge on any atom is -0.462 e. The summed E-state index contributed by atoms with van der Waals surface area (Å²) in [6, 6.07) is 12.4. The van der Waals surface area contributed by atoms with E-state index in [2.05, 4.69) is 23.6 Å². The number of hydrogen-bond donors (Lipinski definition) is 0. The molecule has 1 aromatic carbocycles. The molecule has 1 unspecified atom stereocenters. The Morgan fingerprint density at radius 1 is 1.21 bits per heavy atom. The van der Waals surface area contributed by atoms with Crippen molar-refractivity contribution in [2.24, 2.45) is 0 Å². The third-order valence-electron chi connectivity index (χ3n) is 3.16. The normalized spacial score (nSPS) is 12.1. The summed E-state index contributed by atoms with van der Waals surface area (Å²) in [5.74, 6) is -0.260. The van der Waals surface area contributed by atoms with Crippen LogP contribution < -0.4 is 0 Å². The Hall–Kier alpha value is -2.03. The number of ether oxygens (including phenoxy) is 1. The van der Waals surface area contributed by atoms with E-state index in [1.54, 1.807) is 0 Å². The zero-order chi connectivity index (χ0) is 13.7. The predicted molar refractivity (Wildman–Crippen MR) is 75.3 cm³/mol. The zero-order valence-electron chi connectivity index (χ0n) is 11.4. The molecule has 0 aliphatic carbocycles. The molecule has 3 nitrogen and oxygen atoms in total. The quantitative estimate of drug-likeness (QED) is 0.765. The molecule has 1 atom stereocenters. The summed E-state index contributed by atoms with van der Waals surface area (Å²) in [7, 11) is 0. The number of carbonyl (C=O) groups is 1. The van der Waals surface area contributed by atoms with Gasteiger partial charge in [-0.2, -0.15) is 0 Å². The second-order valence-electron chi connectivity index (χ2n) is 4.40. The molecular weight excluding hydrogens is 238 g/mol. The lowest BCUT2D eigenvalue weighted by atomic mass is 10.0. The highest BCUT2D eigenvalue weighted by Crippen LogP contribution is 2.22. The van der Waals surface area contributed by atoms with Crippen LogP contribution in [0.15, 0.2) is 48.8 Å². The van der Waals surface area contributed by atoms with Crippen molar-refractivity contribution in [2.75, 3.05) is 6.61 Å². The van der Waals surface area contributed by atoms with Gasteiger partial charge in [-0.05, 0) is 25.0 Å². The van der Waals surface area contributed by atoms with E-state index in [1.165, 1.54) is 5.56 Å². The van der Waals surface area contributed by atoms with Crippen LogP contribution >= 0.6 is 0 Å². The first-order valence-corrected chi connectivity index (χ1v) is 6.65. The van der Waals surface area contributed by atoms with Crippen LogP contribution in [0.4, 0.5) is 0 Å². The molecule has 0 spiro atoms. The van der Waals surface area contributed by atoms with Gasteiger partial charge < -0.3 is 9.30 Å². The maximum absolute atomic E-state index is 11.7. The van der Waals surface area contributed by atoms with E-state index in [1.807, 2.05) is 43.6 Å². The van der Waals surface area contributed by atoms with Crippen molar-refractivity contribution >= 4 is 5.97 Å². The van der Waals surface area contributed by atoms with E-state index >= 15 is 0 Å². The molecule has 1 aromatic heterocycles. The fraction of sp³-hybridized carbons (Fsp3) is 0.312. The number of hydrogen-bond acceptors (Lipinski definition) is 2. The minimum absolute atomic E-state index is 0.254. The first-order chi connectivity index (χ1) is 9.26. The molecule has 0 fully saturated rings. The lowest BCUT2D eigenvalue weighted by Gasteiger charge is -2.17. The van der Waals surface area contributed by atoms with E-state index in [4.69, 9.17) is 4.74 Å². The number of benzene rings is 1. The second-order valence-corrected chi connectivity index (χ2v) is 4.40. The van der Waals surface area contributed by atoms with Gasteiger partial charge in [-0.15, -0.1) is 0 Å². The maximum Gasteiger partial charge on any atom is 0.339 e. The fourth-order valence-electron chi connectivity index (χ4n) is 2.24. The highest BCUT2D eigenvalue weighted by atomic mass is 16.5. The molecule has 0 N–H and O–H groups in total. The molecule has 0 amide bonds. The molecule has 0 radical (unpaired) electrons. The van der Waals surface area contributed by atoms with Crippen LogP contribution in [0.1, 0.15) is 42.2 Å². The van der Waals surface area contributed by atoms with Crippen LogP contribution in [0.25, 0.3) is 0 Å². The molecule has 19 heavy (non-hydrogen) atoms. The molecule has 1 heterocycles. The summed E-state index contributed by atoms with van der Waals surface area (Å²) in [6.07, 6.45) is 4.77. The lowest BCUT2D eigenvalue weighted by molar-refractivity contribution is 0.0526. The first-order valence-electron chi connectivity index (χ1n) is 6.65. The number of aromatic nitrogens is 1. The van der Waals surface area contributed by atoms with Gasteiger partial charge in [0.05, 0.1) is 18.2 Å². The zero-order valence-corrected chi connectivity index (χ0v) is 11.4. The number of rotatable bonds is 5. The fourth-order valence-corrected chi connectivity index (χ4v) is 2.24. The van der Waals surface area contributed by atoms with Crippen LogP contribution in [0.3, 0.4) is 0 Å². The average molecular weight is 257 g/mol. The molecule has 2 aromatic rings. The Morgan fingerprint density at radius 3 is 2.58 bits per heavy atom. The molecule has 0 aliphatic heterocycles. The monoisotopic (exact) mass is 257 g/mol. The van der Waals surface area contributed by atoms with Gasteiger partial charge in [0.2, 0.25) is 0 Å². The summed E-state index contributed by atoms with van der Waals surface area (Å²) in [4.78, 5) is 11.7. The molecule has 2 rings (SSSR count). The smallest absolute Gasteiger partial charge is 0.339 e. The number of esters is 1. The Labute approximate surface area is 113 Å². The van der Waals surface area contributed by atoms with Crippen molar-refractivity contribution in [2.45, 2.75) is 26.3 Å². The molecule has 0 saturated heterocycles. The van der Waals surface area contributed by atoms with Crippen molar-refractivity contribution in [1.29, 1.82) is 0 Å². The van der Waals surface area contributed by atoms with Gasteiger partial charge in [-0.3, -0.25) is 0 Å². The van der Waals surface area contributed by atoms with Crippen LogP contribution in [0.2, 0.25) is 0 Å². The molecule has 3 heteroatoms. The maximum atomic E-state index is 11.7. The molecular formula is C16H19NO2. The van der Waals surface area contributed by atoms with Gasteiger partial charge in [0.15, 0.2) is 0 Å². The topological polar surface area (TPSA) is 31.2 Å². The van der Waals surface area contributed by atoms with E-state index in [9.17, 15) is 4.79 Å². The SMILES string of the molecule is CCOC(=O)c1ccn(C(CC)c2ccccc2)c1. The summed E-state index contributed by atoms with van der Waals surface area (Å²) in [6.45, 7) is 4.36. The molecule has 0 saturated carbocycles. The minimum atomic E-state index is -0.260. The second kappa shape index (κ2) is 6.23. The van der Waals surface area contributed by atoms with Gasteiger partial charge in [0.25, 0.3) is 0 Å². The van der Waals surface area contributed by atoms with E-state index in [0.29, 0.717) is 12.2 Å². The third kappa shape index (κ3) is 3.05. The Morgan fingerprint density at radius 2 is 1.95 bits per heavy atom. The Bertz CT molecular complexity index is 531. The van der Waals surface area contributed by atoms with Crippen molar-refractivity contribution in [1.82, 2.24) is 4.57 Å². The van der Waals surface area contributed by atoms with E-state index in [0.717, 1.165) is 6.42 Å². The van der Waals surface area contributed by atoms with Gasteiger partial charge in [0.1, 0.15) is 0 Å². The summed E-state index contributed by atoms with van der Waals surface area (Å²) >= 11 is 0.